The molecule has 0 amide bonds. The molecule has 0 spiro atoms. The molecule has 2 rings (SSSR count). The lowest BCUT2D eigenvalue weighted by Gasteiger charge is -2.26. The van der Waals surface area contributed by atoms with Gasteiger partial charge in [-0.2, -0.15) is 13.2 Å². The van der Waals surface area contributed by atoms with Gasteiger partial charge >= 0.3 is 6.18 Å². The lowest BCUT2D eigenvalue weighted by molar-refractivity contribution is -0.153. The Morgan fingerprint density at radius 1 is 1.42 bits per heavy atom. The molecule has 0 saturated carbocycles. The standard InChI is InChI=1S/C12H14F3N3O/c13-12(14,15)9(11(16)17-19)7-18-6-5-8-3-1-2-4-10(8)18/h1-4,9,19H,5-7H2,(H2,16,17). The van der Waals surface area contributed by atoms with E-state index in [0.29, 0.717) is 13.0 Å². The first-order chi connectivity index (χ1) is 8.93. The van der Waals surface area contributed by atoms with E-state index in [4.69, 9.17) is 10.9 Å². The summed E-state index contributed by atoms with van der Waals surface area (Å²) in [5.41, 5.74) is 6.95. The average Bonchev–Trinajstić information content (AvgIpc) is 2.77. The quantitative estimate of drug-likeness (QED) is 0.383. The Kier molecular flexibility index (Phi) is 3.55. The summed E-state index contributed by atoms with van der Waals surface area (Å²) in [6, 6.07) is 7.31. The molecular weight excluding hydrogens is 259 g/mol. The van der Waals surface area contributed by atoms with Gasteiger partial charge in [0.15, 0.2) is 5.84 Å². The summed E-state index contributed by atoms with van der Waals surface area (Å²) in [6.07, 6.45) is -3.83. The van der Waals surface area contributed by atoms with Gasteiger partial charge in [-0.3, -0.25) is 0 Å². The second kappa shape index (κ2) is 4.99. The lowest BCUT2D eigenvalue weighted by Crippen LogP contribution is -2.44. The van der Waals surface area contributed by atoms with Gasteiger partial charge in [0.1, 0.15) is 5.92 Å². The van der Waals surface area contributed by atoms with Crippen LogP contribution in [-0.4, -0.2) is 30.3 Å². The van der Waals surface area contributed by atoms with Crippen molar-refractivity contribution in [1.82, 2.24) is 0 Å². The van der Waals surface area contributed by atoms with Crippen LogP contribution in [0.4, 0.5) is 18.9 Å². The molecule has 0 bridgehead atoms. The summed E-state index contributed by atoms with van der Waals surface area (Å²) < 4.78 is 38.7. The number of rotatable bonds is 3. The predicted molar refractivity (Wildman–Crippen MR) is 65.3 cm³/mol. The fourth-order valence-corrected chi connectivity index (χ4v) is 2.25. The maximum atomic E-state index is 12.9. The smallest absolute Gasteiger partial charge is 0.400 e. The number of benzene rings is 1. The Bertz CT molecular complexity index is 487. The maximum Gasteiger partial charge on any atom is 0.400 e. The highest BCUT2D eigenvalue weighted by atomic mass is 19.4. The van der Waals surface area contributed by atoms with Crippen molar-refractivity contribution in [2.24, 2.45) is 16.8 Å². The van der Waals surface area contributed by atoms with Crippen molar-refractivity contribution in [3.05, 3.63) is 29.8 Å². The summed E-state index contributed by atoms with van der Waals surface area (Å²) in [6.45, 7) is 0.168. The summed E-state index contributed by atoms with van der Waals surface area (Å²) in [4.78, 5) is 1.62. The maximum absolute atomic E-state index is 12.9. The summed E-state index contributed by atoms with van der Waals surface area (Å²) >= 11 is 0. The Balaban J connectivity index is 2.20. The van der Waals surface area contributed by atoms with E-state index in [9.17, 15) is 13.2 Å². The number of para-hydroxylation sites is 1. The molecule has 1 unspecified atom stereocenters. The molecule has 3 N–H and O–H groups in total. The van der Waals surface area contributed by atoms with Gasteiger partial charge in [0, 0.05) is 18.8 Å². The number of fused-ring (bicyclic) bond motifs is 1. The van der Waals surface area contributed by atoms with Gasteiger partial charge in [0.25, 0.3) is 0 Å². The topological polar surface area (TPSA) is 61.9 Å². The van der Waals surface area contributed by atoms with Gasteiger partial charge in [-0.15, -0.1) is 0 Å². The number of nitrogens with two attached hydrogens (primary N) is 1. The molecular formula is C12H14F3N3O. The molecule has 1 atom stereocenters. The van der Waals surface area contributed by atoms with E-state index >= 15 is 0 Å². The molecule has 1 aromatic rings. The second-order valence-electron chi connectivity index (χ2n) is 4.44. The van der Waals surface area contributed by atoms with Crippen LogP contribution >= 0.6 is 0 Å². The molecule has 7 heteroatoms. The molecule has 1 aliphatic rings. The van der Waals surface area contributed by atoms with Crippen LogP contribution in [-0.2, 0) is 6.42 Å². The number of amidine groups is 1. The summed E-state index contributed by atoms with van der Waals surface area (Å²) in [7, 11) is 0. The highest BCUT2D eigenvalue weighted by Crippen LogP contribution is 2.32. The van der Waals surface area contributed by atoms with E-state index in [0.717, 1.165) is 11.3 Å². The highest BCUT2D eigenvalue weighted by molar-refractivity contribution is 5.83. The van der Waals surface area contributed by atoms with Crippen LogP contribution in [0.1, 0.15) is 5.56 Å². The van der Waals surface area contributed by atoms with Gasteiger partial charge in [-0.25, -0.2) is 0 Å². The molecule has 0 radical (unpaired) electrons. The third-order valence-electron chi connectivity index (χ3n) is 3.25. The van der Waals surface area contributed by atoms with Gasteiger partial charge in [-0.05, 0) is 18.1 Å². The summed E-state index contributed by atoms with van der Waals surface area (Å²) in [5.74, 6) is -2.78. The highest BCUT2D eigenvalue weighted by Gasteiger charge is 2.44. The van der Waals surface area contributed by atoms with E-state index in [2.05, 4.69) is 5.16 Å². The number of hydrogen-bond acceptors (Lipinski definition) is 3. The molecule has 0 aliphatic carbocycles. The number of nitrogens with zero attached hydrogens (tertiary/aromatic N) is 2. The first-order valence-electron chi connectivity index (χ1n) is 5.80. The third kappa shape index (κ3) is 2.74. The lowest BCUT2D eigenvalue weighted by atomic mass is 10.1. The van der Waals surface area contributed by atoms with E-state index in [1.807, 2.05) is 12.1 Å². The van der Waals surface area contributed by atoms with Crippen molar-refractivity contribution >= 4 is 11.5 Å². The van der Waals surface area contributed by atoms with Gasteiger partial charge in [-0.1, -0.05) is 23.4 Å². The zero-order valence-electron chi connectivity index (χ0n) is 10.1. The number of halogens is 3. The Morgan fingerprint density at radius 2 is 2.11 bits per heavy atom. The molecule has 1 heterocycles. The zero-order valence-corrected chi connectivity index (χ0v) is 10.1. The normalized spacial score (nSPS) is 17.4. The largest absolute Gasteiger partial charge is 0.409 e. The van der Waals surface area contributed by atoms with Crippen LogP contribution in [0.25, 0.3) is 0 Å². The monoisotopic (exact) mass is 273 g/mol. The average molecular weight is 273 g/mol. The molecule has 0 fully saturated rings. The second-order valence-corrected chi connectivity index (χ2v) is 4.44. The van der Waals surface area contributed by atoms with Gasteiger partial charge in [0.2, 0.25) is 0 Å². The molecule has 0 saturated heterocycles. The SMILES string of the molecule is N/C(=N/O)C(CN1CCc2ccccc21)C(F)(F)F. The van der Waals surface area contributed by atoms with Crippen LogP contribution in [0.15, 0.2) is 29.4 Å². The first kappa shape index (κ1) is 13.5. The number of oxime groups is 1. The molecule has 0 aromatic heterocycles. The van der Waals surface area contributed by atoms with Gasteiger partial charge in [0.05, 0.1) is 0 Å². The van der Waals surface area contributed by atoms with E-state index in [1.54, 1.807) is 17.0 Å². The number of alkyl halides is 3. The predicted octanol–water partition coefficient (Wildman–Crippen LogP) is 1.97. The zero-order chi connectivity index (χ0) is 14.0. The third-order valence-corrected chi connectivity index (χ3v) is 3.25. The minimum Gasteiger partial charge on any atom is -0.409 e. The van der Waals surface area contributed by atoms with Crippen molar-refractivity contribution in [1.29, 1.82) is 0 Å². The molecule has 104 valence electrons. The van der Waals surface area contributed by atoms with Crippen LogP contribution < -0.4 is 10.6 Å². The molecule has 19 heavy (non-hydrogen) atoms. The van der Waals surface area contributed by atoms with Crippen LogP contribution in [0.5, 0.6) is 0 Å². The molecule has 1 aliphatic heterocycles. The van der Waals surface area contributed by atoms with Crippen LogP contribution in [0, 0.1) is 5.92 Å². The fourth-order valence-electron chi connectivity index (χ4n) is 2.25. The van der Waals surface area contributed by atoms with E-state index < -0.39 is 17.9 Å². The minimum absolute atomic E-state index is 0.337. The van der Waals surface area contributed by atoms with E-state index in [-0.39, 0.29) is 6.54 Å². The van der Waals surface area contributed by atoms with Crippen molar-refractivity contribution in [2.75, 3.05) is 18.0 Å². The summed E-state index contributed by atoms with van der Waals surface area (Å²) in [5, 5.41) is 11.0. The molecule has 4 nitrogen and oxygen atoms in total. The number of hydrogen-bond donors (Lipinski definition) is 2. The minimum atomic E-state index is -4.53. The van der Waals surface area contributed by atoms with Crippen molar-refractivity contribution in [3.8, 4) is 0 Å². The van der Waals surface area contributed by atoms with Crippen LogP contribution in [0.3, 0.4) is 0 Å². The van der Waals surface area contributed by atoms with Crippen LogP contribution in [0.2, 0.25) is 0 Å². The fraction of sp³-hybridized carbons (Fsp3) is 0.417. The first-order valence-corrected chi connectivity index (χ1v) is 5.80. The van der Waals surface area contributed by atoms with Crippen molar-refractivity contribution < 1.29 is 18.4 Å². The van der Waals surface area contributed by atoms with Crippen molar-refractivity contribution in [2.45, 2.75) is 12.6 Å². The Labute approximate surface area is 108 Å². The number of anilines is 1. The van der Waals surface area contributed by atoms with Crippen molar-refractivity contribution in [3.63, 3.8) is 0 Å². The Hall–Kier alpha value is -1.92. The molecule has 1 aromatic carbocycles. The van der Waals surface area contributed by atoms with Gasteiger partial charge < -0.3 is 15.8 Å². The van der Waals surface area contributed by atoms with E-state index in [1.165, 1.54) is 0 Å². The Morgan fingerprint density at radius 3 is 2.74 bits per heavy atom.